The number of hydrogen-bond acceptors (Lipinski definition) is 8. The molecule has 3 rings (SSSR count). The molecule has 10 heteroatoms. The van der Waals surface area contributed by atoms with Crippen molar-refractivity contribution < 1.29 is 19.1 Å². The van der Waals surface area contributed by atoms with Crippen LogP contribution in [0.3, 0.4) is 0 Å². The number of rotatable bonds is 8. The molecule has 1 amide bonds. The van der Waals surface area contributed by atoms with Gasteiger partial charge in [-0.1, -0.05) is 30.3 Å². The Labute approximate surface area is 164 Å². The van der Waals surface area contributed by atoms with E-state index in [1.165, 1.54) is 18.3 Å². The number of tetrazole rings is 1. The summed E-state index contributed by atoms with van der Waals surface area (Å²) in [7, 11) is 0. The Hall–Kier alpha value is -3.40. The highest BCUT2D eigenvalue weighted by Gasteiger charge is 2.13. The SMILES string of the molecule is CC(=O)NCc1ccc(C(=O)COC(=O)Cn2nnc(-c3cccs3)n2)cc1. The topological polar surface area (TPSA) is 116 Å². The average molecular weight is 399 g/mol. The molecule has 0 radical (unpaired) electrons. The second-order valence-corrected chi connectivity index (χ2v) is 6.76. The molecule has 0 atom stereocenters. The quantitative estimate of drug-likeness (QED) is 0.450. The fraction of sp³-hybridized carbons (Fsp3) is 0.222. The number of benzene rings is 1. The number of carbonyl (C=O) groups excluding carboxylic acids is 3. The minimum Gasteiger partial charge on any atom is -0.456 e. The van der Waals surface area contributed by atoms with Crippen LogP contribution in [0, 0.1) is 0 Å². The molecule has 3 aromatic rings. The van der Waals surface area contributed by atoms with Gasteiger partial charge in [-0.05, 0) is 22.2 Å². The molecule has 0 saturated carbocycles. The van der Waals surface area contributed by atoms with Gasteiger partial charge in [0.05, 0.1) is 4.88 Å². The zero-order valence-electron chi connectivity index (χ0n) is 15.0. The van der Waals surface area contributed by atoms with E-state index in [-0.39, 0.29) is 24.8 Å². The third kappa shape index (κ3) is 5.30. The van der Waals surface area contributed by atoms with Crippen molar-refractivity contribution in [1.29, 1.82) is 0 Å². The first kappa shape index (κ1) is 19.4. The molecule has 0 saturated heterocycles. The van der Waals surface area contributed by atoms with Crippen LogP contribution in [0.5, 0.6) is 0 Å². The first-order chi connectivity index (χ1) is 13.5. The Kier molecular flexibility index (Phi) is 6.22. The molecular weight excluding hydrogens is 382 g/mol. The molecule has 0 spiro atoms. The molecule has 0 bridgehead atoms. The molecule has 0 aliphatic heterocycles. The van der Waals surface area contributed by atoms with Crippen LogP contribution in [0.1, 0.15) is 22.8 Å². The number of amides is 1. The average Bonchev–Trinajstić information content (AvgIpc) is 3.36. The smallest absolute Gasteiger partial charge is 0.330 e. The minimum absolute atomic E-state index is 0.128. The highest BCUT2D eigenvalue weighted by molar-refractivity contribution is 7.13. The van der Waals surface area contributed by atoms with Gasteiger partial charge in [0.15, 0.2) is 18.9 Å². The monoisotopic (exact) mass is 399 g/mol. The second kappa shape index (κ2) is 9.00. The number of carbonyl (C=O) groups is 3. The van der Waals surface area contributed by atoms with Gasteiger partial charge in [-0.3, -0.25) is 9.59 Å². The van der Waals surface area contributed by atoms with Crippen LogP contribution >= 0.6 is 11.3 Å². The zero-order valence-corrected chi connectivity index (χ0v) is 15.8. The van der Waals surface area contributed by atoms with E-state index in [4.69, 9.17) is 4.74 Å². The number of Topliss-reactive ketones (excluding diaryl/α,β-unsaturated/α-hetero) is 1. The number of ether oxygens (including phenoxy) is 1. The van der Waals surface area contributed by atoms with E-state index in [1.54, 1.807) is 24.3 Å². The normalized spacial score (nSPS) is 10.5. The van der Waals surface area contributed by atoms with E-state index in [9.17, 15) is 14.4 Å². The molecule has 2 aromatic heterocycles. The lowest BCUT2D eigenvalue weighted by Crippen LogP contribution is -2.20. The van der Waals surface area contributed by atoms with Gasteiger partial charge in [0.2, 0.25) is 11.7 Å². The van der Waals surface area contributed by atoms with Crippen LogP contribution in [-0.4, -0.2) is 44.5 Å². The predicted molar refractivity (Wildman–Crippen MR) is 100 cm³/mol. The maximum absolute atomic E-state index is 12.1. The number of thiophene rings is 1. The summed E-state index contributed by atoms with van der Waals surface area (Å²) in [5.74, 6) is -0.661. The Morgan fingerprint density at radius 1 is 1.18 bits per heavy atom. The van der Waals surface area contributed by atoms with Crippen LogP contribution in [0.15, 0.2) is 41.8 Å². The van der Waals surface area contributed by atoms with Gasteiger partial charge >= 0.3 is 5.97 Å². The van der Waals surface area contributed by atoms with Crippen molar-refractivity contribution in [2.45, 2.75) is 20.0 Å². The molecular formula is C18H17N5O4S. The summed E-state index contributed by atoms with van der Waals surface area (Å²) < 4.78 is 5.00. The maximum atomic E-state index is 12.1. The summed E-state index contributed by atoms with van der Waals surface area (Å²) >= 11 is 1.47. The number of nitrogens with zero attached hydrogens (tertiary/aromatic N) is 4. The molecule has 1 N–H and O–H groups in total. The van der Waals surface area contributed by atoms with Crippen molar-refractivity contribution in [2.24, 2.45) is 0 Å². The van der Waals surface area contributed by atoms with E-state index in [0.717, 1.165) is 15.2 Å². The predicted octanol–water partition coefficient (Wildman–Crippen LogP) is 1.46. The van der Waals surface area contributed by atoms with Gasteiger partial charge in [0.1, 0.15) is 0 Å². The number of aromatic nitrogens is 4. The first-order valence-electron chi connectivity index (χ1n) is 8.35. The summed E-state index contributed by atoms with van der Waals surface area (Å²) in [6, 6.07) is 10.4. The number of hydrogen-bond donors (Lipinski definition) is 1. The van der Waals surface area contributed by atoms with Crippen LogP contribution in [-0.2, 0) is 27.4 Å². The second-order valence-electron chi connectivity index (χ2n) is 5.81. The Morgan fingerprint density at radius 2 is 1.96 bits per heavy atom. The van der Waals surface area contributed by atoms with Gasteiger partial charge in [-0.2, -0.15) is 4.80 Å². The van der Waals surface area contributed by atoms with E-state index < -0.39 is 5.97 Å². The molecule has 2 heterocycles. The summed E-state index contributed by atoms with van der Waals surface area (Å²) in [5.41, 5.74) is 1.28. The molecule has 1 aromatic carbocycles. The highest BCUT2D eigenvalue weighted by Crippen LogP contribution is 2.19. The van der Waals surface area contributed by atoms with Crippen molar-refractivity contribution in [3.05, 3.63) is 52.9 Å². The zero-order chi connectivity index (χ0) is 19.9. The van der Waals surface area contributed by atoms with Crippen molar-refractivity contribution in [2.75, 3.05) is 6.61 Å². The Bertz CT molecular complexity index is 966. The molecule has 0 fully saturated rings. The molecule has 144 valence electrons. The lowest BCUT2D eigenvalue weighted by Gasteiger charge is -2.06. The number of esters is 1. The van der Waals surface area contributed by atoms with Crippen LogP contribution in [0.25, 0.3) is 10.7 Å². The third-order valence-electron chi connectivity index (χ3n) is 3.65. The summed E-state index contributed by atoms with van der Waals surface area (Å²) in [4.78, 5) is 36.9. The standard InChI is InChI=1S/C18H17N5O4S/c1-12(24)19-9-13-4-6-14(7-5-13)15(25)11-27-17(26)10-23-21-18(20-22-23)16-3-2-8-28-16/h2-8H,9-11H2,1H3,(H,19,24). The molecule has 0 aliphatic carbocycles. The molecule has 0 aliphatic rings. The minimum atomic E-state index is -0.634. The van der Waals surface area contributed by atoms with E-state index >= 15 is 0 Å². The molecule has 28 heavy (non-hydrogen) atoms. The summed E-state index contributed by atoms with van der Waals surface area (Å²) in [6.07, 6.45) is 0. The van der Waals surface area contributed by atoms with Crippen LogP contribution in [0.4, 0.5) is 0 Å². The molecule has 9 nitrogen and oxygen atoms in total. The number of ketones is 1. The van der Waals surface area contributed by atoms with E-state index in [1.807, 2.05) is 17.5 Å². The van der Waals surface area contributed by atoms with E-state index in [0.29, 0.717) is 17.9 Å². The van der Waals surface area contributed by atoms with Crippen molar-refractivity contribution in [3.63, 3.8) is 0 Å². The largest absolute Gasteiger partial charge is 0.456 e. The lowest BCUT2D eigenvalue weighted by molar-refractivity contribution is -0.143. The summed E-state index contributed by atoms with van der Waals surface area (Å²) in [6.45, 7) is 1.21. The fourth-order valence-corrected chi connectivity index (χ4v) is 2.89. The fourth-order valence-electron chi connectivity index (χ4n) is 2.24. The van der Waals surface area contributed by atoms with E-state index in [2.05, 4.69) is 20.7 Å². The van der Waals surface area contributed by atoms with Crippen molar-refractivity contribution >= 4 is 29.0 Å². The third-order valence-corrected chi connectivity index (χ3v) is 4.51. The molecule has 0 unspecified atom stereocenters. The van der Waals surface area contributed by atoms with Crippen LogP contribution < -0.4 is 5.32 Å². The highest BCUT2D eigenvalue weighted by atomic mass is 32.1. The lowest BCUT2D eigenvalue weighted by atomic mass is 10.1. The van der Waals surface area contributed by atoms with Crippen molar-refractivity contribution in [3.8, 4) is 10.7 Å². The Balaban J connectivity index is 1.47. The van der Waals surface area contributed by atoms with Gasteiger partial charge in [0.25, 0.3) is 0 Å². The van der Waals surface area contributed by atoms with Crippen molar-refractivity contribution in [1.82, 2.24) is 25.5 Å². The van der Waals surface area contributed by atoms with Gasteiger partial charge in [-0.15, -0.1) is 21.5 Å². The van der Waals surface area contributed by atoms with Gasteiger partial charge in [0, 0.05) is 19.0 Å². The summed E-state index contributed by atoms with van der Waals surface area (Å²) in [5, 5.41) is 16.4. The van der Waals surface area contributed by atoms with Gasteiger partial charge in [-0.25, -0.2) is 4.79 Å². The van der Waals surface area contributed by atoms with Crippen LogP contribution in [0.2, 0.25) is 0 Å². The Morgan fingerprint density at radius 3 is 2.64 bits per heavy atom. The first-order valence-corrected chi connectivity index (χ1v) is 9.23. The maximum Gasteiger partial charge on any atom is 0.330 e. The van der Waals surface area contributed by atoms with Gasteiger partial charge < -0.3 is 10.1 Å². The number of nitrogens with one attached hydrogen (secondary N) is 1.